The third kappa shape index (κ3) is 4.00. The first kappa shape index (κ1) is 16.3. The number of rotatable bonds is 5. The minimum atomic E-state index is -0.116. The molecule has 0 saturated carbocycles. The van der Waals surface area contributed by atoms with E-state index in [1.165, 1.54) is 0 Å². The topological polar surface area (TPSA) is 58.6 Å². The predicted molar refractivity (Wildman–Crippen MR) is 85.3 cm³/mol. The molecule has 1 aromatic carbocycles. The maximum Gasteiger partial charge on any atom is 0.317 e. The second-order valence-corrected chi connectivity index (χ2v) is 5.61. The van der Waals surface area contributed by atoms with Crippen molar-refractivity contribution in [2.24, 2.45) is 5.92 Å². The number of hydrogen-bond acceptors (Lipinski definition) is 3. The van der Waals surface area contributed by atoms with Crippen LogP contribution in [0.1, 0.15) is 36.5 Å². The minimum absolute atomic E-state index is 0.0610. The lowest BCUT2D eigenvalue weighted by molar-refractivity contribution is 0.0846. The van der Waals surface area contributed by atoms with E-state index < -0.39 is 0 Å². The highest BCUT2D eigenvalue weighted by Gasteiger charge is 2.28. The van der Waals surface area contributed by atoms with E-state index in [1.54, 1.807) is 36.3 Å². The number of carbonyl (C=O) groups excluding carboxylic acids is 2. The Bertz CT molecular complexity index is 513. The summed E-state index contributed by atoms with van der Waals surface area (Å²) in [6.07, 6.45) is 2.61. The Kier molecular flexibility index (Phi) is 5.81. The zero-order chi connectivity index (χ0) is 15.9. The van der Waals surface area contributed by atoms with Gasteiger partial charge in [-0.05, 0) is 43.5 Å². The summed E-state index contributed by atoms with van der Waals surface area (Å²) in [5, 5.41) is 2.88. The van der Waals surface area contributed by atoms with Crippen molar-refractivity contribution in [1.82, 2.24) is 10.2 Å². The van der Waals surface area contributed by atoms with Gasteiger partial charge < -0.3 is 15.0 Å². The number of piperidine rings is 1. The van der Waals surface area contributed by atoms with Gasteiger partial charge in [0.05, 0.1) is 7.11 Å². The number of nitrogens with zero attached hydrogens (tertiary/aromatic N) is 1. The second-order valence-electron chi connectivity index (χ2n) is 5.61. The molecule has 1 aliphatic rings. The molecular formula is C17H24N2O3. The van der Waals surface area contributed by atoms with Gasteiger partial charge >= 0.3 is 6.03 Å². The zero-order valence-corrected chi connectivity index (χ0v) is 13.3. The summed E-state index contributed by atoms with van der Waals surface area (Å²) < 4.78 is 5.11. The quantitative estimate of drug-likeness (QED) is 0.851. The van der Waals surface area contributed by atoms with E-state index in [2.05, 4.69) is 5.32 Å². The van der Waals surface area contributed by atoms with Gasteiger partial charge in [0.15, 0.2) is 5.78 Å². The Labute approximate surface area is 131 Å². The Morgan fingerprint density at radius 2 is 2.05 bits per heavy atom. The molecule has 0 aromatic heterocycles. The van der Waals surface area contributed by atoms with Crippen molar-refractivity contribution in [3.63, 3.8) is 0 Å². The van der Waals surface area contributed by atoms with E-state index in [0.29, 0.717) is 18.7 Å². The largest absolute Gasteiger partial charge is 0.497 e. The van der Waals surface area contributed by atoms with Gasteiger partial charge in [-0.25, -0.2) is 4.79 Å². The Morgan fingerprint density at radius 1 is 1.32 bits per heavy atom. The number of ketones is 1. The first-order valence-electron chi connectivity index (χ1n) is 7.86. The third-order valence-electron chi connectivity index (χ3n) is 3.98. The number of urea groups is 1. The number of ether oxygens (including phenoxy) is 1. The average Bonchev–Trinajstić information content (AvgIpc) is 2.59. The molecule has 2 amide bonds. The number of likely N-dealkylation sites (tertiary alicyclic amines) is 1. The smallest absolute Gasteiger partial charge is 0.317 e. The predicted octanol–water partition coefficient (Wildman–Crippen LogP) is 2.71. The molecule has 0 bridgehead atoms. The highest BCUT2D eigenvalue weighted by atomic mass is 16.5. The van der Waals surface area contributed by atoms with E-state index in [4.69, 9.17) is 4.74 Å². The molecule has 5 nitrogen and oxygen atoms in total. The van der Waals surface area contributed by atoms with E-state index in [0.717, 1.165) is 31.6 Å². The molecule has 2 rings (SSSR count). The van der Waals surface area contributed by atoms with Crippen LogP contribution in [0.5, 0.6) is 5.75 Å². The SMILES string of the molecule is CCCNC(=O)N1CCCC(C(=O)c2ccc(OC)cc2)C1. The first-order chi connectivity index (χ1) is 10.7. The summed E-state index contributed by atoms with van der Waals surface area (Å²) in [7, 11) is 1.60. The fourth-order valence-electron chi connectivity index (χ4n) is 2.71. The maximum absolute atomic E-state index is 12.6. The number of amides is 2. The highest BCUT2D eigenvalue weighted by Crippen LogP contribution is 2.22. The summed E-state index contributed by atoms with van der Waals surface area (Å²) in [5.74, 6) is 0.728. The zero-order valence-electron chi connectivity index (χ0n) is 13.3. The first-order valence-corrected chi connectivity index (χ1v) is 7.86. The molecule has 1 aliphatic heterocycles. The maximum atomic E-state index is 12.6. The van der Waals surface area contributed by atoms with Crippen molar-refractivity contribution in [1.29, 1.82) is 0 Å². The Hall–Kier alpha value is -2.04. The summed E-state index contributed by atoms with van der Waals surface area (Å²) >= 11 is 0. The van der Waals surface area contributed by atoms with Crippen LogP contribution in [-0.4, -0.2) is 43.5 Å². The van der Waals surface area contributed by atoms with Crippen molar-refractivity contribution >= 4 is 11.8 Å². The molecule has 1 atom stereocenters. The lowest BCUT2D eigenvalue weighted by atomic mass is 9.90. The molecule has 1 fully saturated rings. The van der Waals surface area contributed by atoms with Gasteiger partial charge in [-0.15, -0.1) is 0 Å². The lowest BCUT2D eigenvalue weighted by Crippen LogP contribution is -2.47. The standard InChI is InChI=1S/C17H24N2O3/c1-3-10-18-17(21)19-11-4-5-14(12-19)16(20)13-6-8-15(22-2)9-7-13/h6-9,14H,3-5,10-12H2,1-2H3,(H,18,21). The normalized spacial score (nSPS) is 17.9. The number of Topliss-reactive ketones (excluding diaryl/α,β-unsaturated/α-hetero) is 1. The van der Waals surface area contributed by atoms with Crippen LogP contribution in [0, 0.1) is 5.92 Å². The van der Waals surface area contributed by atoms with Crippen LogP contribution in [0.4, 0.5) is 4.79 Å². The van der Waals surface area contributed by atoms with Crippen LogP contribution in [-0.2, 0) is 0 Å². The van der Waals surface area contributed by atoms with Crippen LogP contribution in [0.2, 0.25) is 0 Å². The summed E-state index contributed by atoms with van der Waals surface area (Å²) in [6.45, 7) is 3.92. The summed E-state index contributed by atoms with van der Waals surface area (Å²) in [5.41, 5.74) is 0.682. The number of nitrogens with one attached hydrogen (secondary N) is 1. The van der Waals surface area contributed by atoms with E-state index >= 15 is 0 Å². The van der Waals surface area contributed by atoms with Crippen LogP contribution in [0.25, 0.3) is 0 Å². The van der Waals surface area contributed by atoms with Crippen LogP contribution in [0.3, 0.4) is 0 Å². The molecule has 1 unspecified atom stereocenters. The Morgan fingerprint density at radius 3 is 2.68 bits per heavy atom. The van der Waals surface area contributed by atoms with Gasteiger partial charge in [-0.1, -0.05) is 6.92 Å². The Balaban J connectivity index is 1.98. The molecule has 22 heavy (non-hydrogen) atoms. The van der Waals surface area contributed by atoms with Gasteiger partial charge in [0.2, 0.25) is 0 Å². The number of benzene rings is 1. The number of carbonyl (C=O) groups is 2. The molecule has 120 valence electrons. The van der Waals surface area contributed by atoms with Crippen molar-refractivity contribution in [2.75, 3.05) is 26.7 Å². The minimum Gasteiger partial charge on any atom is -0.497 e. The van der Waals surface area contributed by atoms with Crippen LogP contribution < -0.4 is 10.1 Å². The molecule has 0 spiro atoms. The molecule has 1 aromatic rings. The highest BCUT2D eigenvalue weighted by molar-refractivity contribution is 5.98. The number of methoxy groups -OCH3 is 1. The van der Waals surface area contributed by atoms with Crippen molar-refractivity contribution in [3.8, 4) is 5.75 Å². The summed E-state index contributed by atoms with van der Waals surface area (Å²) in [6, 6.07) is 7.10. The molecule has 0 aliphatic carbocycles. The van der Waals surface area contributed by atoms with Gasteiger partial charge in [0, 0.05) is 31.1 Å². The number of hydrogen-bond donors (Lipinski definition) is 1. The van der Waals surface area contributed by atoms with E-state index in [9.17, 15) is 9.59 Å². The molecule has 0 radical (unpaired) electrons. The van der Waals surface area contributed by atoms with E-state index in [1.807, 2.05) is 6.92 Å². The van der Waals surface area contributed by atoms with Crippen LogP contribution in [0.15, 0.2) is 24.3 Å². The van der Waals surface area contributed by atoms with Gasteiger partial charge in [-0.3, -0.25) is 4.79 Å². The van der Waals surface area contributed by atoms with Gasteiger partial charge in [0.25, 0.3) is 0 Å². The van der Waals surface area contributed by atoms with Gasteiger partial charge in [-0.2, -0.15) is 0 Å². The van der Waals surface area contributed by atoms with Crippen molar-refractivity contribution in [2.45, 2.75) is 26.2 Å². The van der Waals surface area contributed by atoms with Crippen molar-refractivity contribution < 1.29 is 14.3 Å². The fraction of sp³-hybridized carbons (Fsp3) is 0.529. The summed E-state index contributed by atoms with van der Waals surface area (Å²) in [4.78, 5) is 26.4. The molecule has 5 heteroatoms. The monoisotopic (exact) mass is 304 g/mol. The van der Waals surface area contributed by atoms with Gasteiger partial charge in [0.1, 0.15) is 5.75 Å². The second kappa shape index (κ2) is 7.82. The average molecular weight is 304 g/mol. The fourth-order valence-corrected chi connectivity index (χ4v) is 2.71. The van der Waals surface area contributed by atoms with Crippen LogP contribution >= 0.6 is 0 Å². The van der Waals surface area contributed by atoms with E-state index in [-0.39, 0.29) is 17.7 Å². The lowest BCUT2D eigenvalue weighted by Gasteiger charge is -2.32. The third-order valence-corrected chi connectivity index (χ3v) is 3.98. The molecule has 1 N–H and O–H groups in total. The van der Waals surface area contributed by atoms with Crippen molar-refractivity contribution in [3.05, 3.63) is 29.8 Å². The molecule has 1 saturated heterocycles. The molecular weight excluding hydrogens is 280 g/mol. The molecule has 1 heterocycles.